The molecule has 0 bridgehead atoms. The van der Waals surface area contributed by atoms with Crippen molar-refractivity contribution in [2.45, 2.75) is 25.7 Å². The van der Waals surface area contributed by atoms with E-state index in [2.05, 4.69) is 11.3 Å². The summed E-state index contributed by atoms with van der Waals surface area (Å²) in [6, 6.07) is 10.5. The number of anilines is 2. The fourth-order valence-electron chi connectivity index (χ4n) is 3.10. The molecule has 0 aliphatic carbocycles. The highest BCUT2D eigenvalue weighted by Gasteiger charge is 2.37. The summed E-state index contributed by atoms with van der Waals surface area (Å²) < 4.78 is 33.8. The van der Waals surface area contributed by atoms with Gasteiger partial charge in [-0.1, -0.05) is 18.2 Å². The van der Waals surface area contributed by atoms with Crippen molar-refractivity contribution < 1.29 is 22.7 Å². The van der Waals surface area contributed by atoms with E-state index in [-0.39, 0.29) is 23.2 Å². The Morgan fingerprint density at radius 1 is 1.23 bits per heavy atom. The van der Waals surface area contributed by atoms with Crippen molar-refractivity contribution in [2.75, 3.05) is 22.8 Å². The van der Waals surface area contributed by atoms with E-state index in [1.54, 1.807) is 43.0 Å². The van der Waals surface area contributed by atoms with Crippen molar-refractivity contribution in [1.29, 1.82) is 0 Å². The molecule has 1 N–H and O–H groups in total. The van der Waals surface area contributed by atoms with Crippen molar-refractivity contribution in [1.82, 2.24) is 0 Å². The van der Waals surface area contributed by atoms with Crippen LogP contribution in [0, 0.1) is 5.41 Å². The summed E-state index contributed by atoms with van der Waals surface area (Å²) in [6.45, 7) is 9.19. The topological polar surface area (TPSA) is 92.8 Å². The summed E-state index contributed by atoms with van der Waals surface area (Å²) >= 11 is 0. The Labute approximate surface area is 176 Å². The third-order valence-corrected chi connectivity index (χ3v) is 6.20. The van der Waals surface area contributed by atoms with Gasteiger partial charge in [-0.2, -0.15) is 0 Å². The first kappa shape index (κ1) is 21.6. The molecule has 0 radical (unpaired) electrons. The van der Waals surface area contributed by atoms with Crippen LogP contribution in [0.3, 0.4) is 0 Å². The molecular weight excluding hydrogens is 404 g/mol. The van der Waals surface area contributed by atoms with Crippen LogP contribution in [-0.4, -0.2) is 33.3 Å². The lowest BCUT2D eigenvalue weighted by atomic mass is 9.93. The maximum absolute atomic E-state index is 12.9. The number of fused-ring (bicyclic) bond motifs is 1. The number of benzene rings is 2. The van der Waals surface area contributed by atoms with Crippen molar-refractivity contribution in [3.8, 4) is 5.75 Å². The van der Waals surface area contributed by atoms with Crippen LogP contribution in [0.5, 0.6) is 5.75 Å². The predicted molar refractivity (Wildman–Crippen MR) is 116 cm³/mol. The summed E-state index contributed by atoms with van der Waals surface area (Å²) in [4.78, 5) is 25.9. The van der Waals surface area contributed by atoms with E-state index in [1.807, 2.05) is 0 Å². The molecule has 0 spiro atoms. The van der Waals surface area contributed by atoms with E-state index in [1.165, 1.54) is 31.2 Å². The summed E-state index contributed by atoms with van der Waals surface area (Å²) in [5.74, 6) is 0.166. The number of carbonyl (C=O) groups excluding carboxylic acids is 2. The minimum Gasteiger partial charge on any atom is -0.490 e. The van der Waals surface area contributed by atoms with E-state index in [0.29, 0.717) is 29.2 Å². The van der Waals surface area contributed by atoms with Gasteiger partial charge in [0.15, 0.2) is 5.78 Å². The van der Waals surface area contributed by atoms with Gasteiger partial charge in [0, 0.05) is 18.2 Å². The number of hydrogen-bond donors (Lipinski definition) is 1. The van der Waals surface area contributed by atoms with Gasteiger partial charge in [0.05, 0.1) is 21.7 Å². The van der Waals surface area contributed by atoms with Gasteiger partial charge < -0.3 is 9.64 Å². The number of rotatable bonds is 6. The highest BCUT2D eigenvalue weighted by atomic mass is 32.2. The standard InChI is InChI=1S/C22H24N2O5S/c1-5-12-24-19-11-8-17(13-20(19)29-14-22(3,4)21(24)26)23-30(27,28)18-9-6-16(7-10-18)15(2)25/h5-11,13,23H,1,12,14H2,2-4H3. The Kier molecular flexibility index (Phi) is 5.72. The van der Waals surface area contributed by atoms with Crippen LogP contribution in [0.25, 0.3) is 0 Å². The average molecular weight is 429 g/mol. The molecule has 8 heteroatoms. The third kappa shape index (κ3) is 4.23. The van der Waals surface area contributed by atoms with E-state index in [4.69, 9.17) is 4.74 Å². The van der Waals surface area contributed by atoms with Crippen molar-refractivity contribution in [3.05, 3.63) is 60.7 Å². The molecule has 0 saturated heterocycles. The zero-order valence-electron chi connectivity index (χ0n) is 17.1. The number of ketones is 1. The Morgan fingerprint density at radius 2 is 1.90 bits per heavy atom. The van der Waals surface area contributed by atoms with E-state index >= 15 is 0 Å². The maximum Gasteiger partial charge on any atom is 0.261 e. The molecule has 1 heterocycles. The minimum absolute atomic E-state index is 0.0351. The molecule has 2 aromatic rings. The molecule has 1 aliphatic heterocycles. The molecule has 0 saturated carbocycles. The number of amides is 1. The van der Waals surface area contributed by atoms with Gasteiger partial charge in [0.2, 0.25) is 5.91 Å². The smallest absolute Gasteiger partial charge is 0.261 e. The first-order chi connectivity index (χ1) is 14.0. The zero-order chi connectivity index (χ0) is 22.1. The van der Waals surface area contributed by atoms with Gasteiger partial charge in [-0.25, -0.2) is 8.42 Å². The van der Waals surface area contributed by atoms with Crippen molar-refractivity contribution in [3.63, 3.8) is 0 Å². The molecule has 2 aromatic carbocycles. The number of hydrogen-bond acceptors (Lipinski definition) is 5. The third-order valence-electron chi connectivity index (χ3n) is 4.80. The number of nitrogens with zero attached hydrogens (tertiary/aromatic N) is 1. The van der Waals surface area contributed by atoms with Crippen LogP contribution in [-0.2, 0) is 14.8 Å². The molecule has 0 fully saturated rings. The van der Waals surface area contributed by atoms with Crippen LogP contribution in [0.1, 0.15) is 31.1 Å². The summed E-state index contributed by atoms with van der Waals surface area (Å²) in [5.41, 5.74) is 0.552. The van der Waals surface area contributed by atoms with Crippen molar-refractivity contribution in [2.24, 2.45) is 5.41 Å². The molecule has 30 heavy (non-hydrogen) atoms. The molecule has 0 atom stereocenters. The quantitative estimate of drug-likeness (QED) is 0.560. The lowest BCUT2D eigenvalue weighted by molar-refractivity contribution is -0.127. The first-order valence-electron chi connectivity index (χ1n) is 9.39. The Bertz CT molecular complexity index is 1100. The second-order valence-electron chi connectivity index (χ2n) is 7.75. The van der Waals surface area contributed by atoms with E-state index < -0.39 is 15.4 Å². The van der Waals surface area contributed by atoms with E-state index in [9.17, 15) is 18.0 Å². The van der Waals surface area contributed by atoms with E-state index in [0.717, 1.165) is 0 Å². The summed E-state index contributed by atoms with van der Waals surface area (Å²) in [6.07, 6.45) is 1.63. The van der Waals surface area contributed by atoms with Gasteiger partial charge in [0.25, 0.3) is 10.0 Å². The fraction of sp³-hybridized carbons (Fsp3) is 0.273. The molecule has 3 rings (SSSR count). The lowest BCUT2D eigenvalue weighted by Crippen LogP contribution is -2.42. The van der Waals surface area contributed by atoms with Gasteiger partial charge in [-0.05, 0) is 45.0 Å². The molecule has 7 nitrogen and oxygen atoms in total. The van der Waals surface area contributed by atoms with Crippen molar-refractivity contribution >= 4 is 33.1 Å². The van der Waals surface area contributed by atoms with Gasteiger partial charge in [-0.3, -0.25) is 14.3 Å². The fourth-order valence-corrected chi connectivity index (χ4v) is 4.15. The zero-order valence-corrected chi connectivity index (χ0v) is 18.0. The largest absolute Gasteiger partial charge is 0.490 e. The number of ether oxygens (including phenoxy) is 1. The second-order valence-corrected chi connectivity index (χ2v) is 9.43. The van der Waals surface area contributed by atoms with Crippen LogP contribution >= 0.6 is 0 Å². The lowest BCUT2D eigenvalue weighted by Gasteiger charge is -2.27. The molecule has 0 unspecified atom stereocenters. The highest BCUT2D eigenvalue weighted by Crippen LogP contribution is 2.38. The number of nitrogens with one attached hydrogen (secondary N) is 1. The van der Waals surface area contributed by atoms with Gasteiger partial charge in [-0.15, -0.1) is 6.58 Å². The predicted octanol–water partition coefficient (Wildman–Crippen LogP) is 3.63. The van der Waals surface area contributed by atoms with Crippen LogP contribution < -0.4 is 14.4 Å². The normalized spacial score (nSPS) is 15.6. The van der Waals surface area contributed by atoms with Gasteiger partial charge >= 0.3 is 0 Å². The summed E-state index contributed by atoms with van der Waals surface area (Å²) in [7, 11) is -3.86. The molecule has 1 amide bonds. The number of Topliss-reactive ketones (excluding diaryl/α,β-unsaturated/α-hetero) is 1. The second kappa shape index (κ2) is 7.95. The Balaban J connectivity index is 1.92. The average Bonchev–Trinajstić information content (AvgIpc) is 2.78. The molecular formula is C22H24N2O5S. The molecule has 1 aliphatic rings. The van der Waals surface area contributed by atoms with Crippen LogP contribution in [0.4, 0.5) is 11.4 Å². The highest BCUT2D eigenvalue weighted by molar-refractivity contribution is 7.92. The summed E-state index contributed by atoms with van der Waals surface area (Å²) in [5, 5.41) is 0. The van der Waals surface area contributed by atoms with Crippen LogP contribution in [0.15, 0.2) is 60.0 Å². The minimum atomic E-state index is -3.86. The monoisotopic (exact) mass is 428 g/mol. The molecule has 0 aromatic heterocycles. The Hall–Kier alpha value is -3.13. The first-order valence-corrected chi connectivity index (χ1v) is 10.9. The number of sulfonamides is 1. The molecule has 158 valence electrons. The Morgan fingerprint density at radius 3 is 2.50 bits per heavy atom. The van der Waals surface area contributed by atoms with Crippen LogP contribution in [0.2, 0.25) is 0 Å². The SMILES string of the molecule is C=CCN1C(=O)C(C)(C)COc2cc(NS(=O)(=O)c3ccc(C(C)=O)cc3)ccc21. The number of carbonyl (C=O) groups is 2. The van der Waals surface area contributed by atoms with Gasteiger partial charge in [0.1, 0.15) is 12.4 Å². The maximum atomic E-state index is 12.9.